The molecule has 0 radical (unpaired) electrons. The third kappa shape index (κ3) is 3.54. The fourth-order valence-corrected chi connectivity index (χ4v) is 4.72. The quantitative estimate of drug-likeness (QED) is 0.666. The second-order valence-corrected chi connectivity index (χ2v) is 7.65. The number of nitriles is 1. The van der Waals surface area contributed by atoms with Gasteiger partial charge >= 0.3 is 0 Å². The Labute approximate surface area is 155 Å². The van der Waals surface area contributed by atoms with Gasteiger partial charge in [-0.15, -0.1) is 0 Å². The molecule has 6 heteroatoms. The molecule has 26 heavy (non-hydrogen) atoms. The average Bonchev–Trinajstić information content (AvgIpc) is 3.00. The molecule has 0 spiro atoms. The van der Waals surface area contributed by atoms with Crippen LogP contribution in [0.25, 0.3) is 11.2 Å². The predicted octanol–water partition coefficient (Wildman–Crippen LogP) is 4.07. The molecule has 0 aromatic carbocycles. The maximum Gasteiger partial charge on any atom is 0.218 e. The van der Waals surface area contributed by atoms with Gasteiger partial charge in [0.2, 0.25) is 5.95 Å². The largest absolute Gasteiger partial charge is 0.300 e. The molecule has 3 heterocycles. The van der Waals surface area contributed by atoms with Crippen molar-refractivity contribution in [1.82, 2.24) is 19.4 Å². The first-order valence-corrected chi connectivity index (χ1v) is 10.1. The van der Waals surface area contributed by atoms with E-state index in [1.807, 2.05) is 18.3 Å². The Kier molecular flexibility index (Phi) is 5.35. The van der Waals surface area contributed by atoms with Crippen molar-refractivity contribution in [3.8, 4) is 6.19 Å². The molecule has 0 bridgehead atoms. The zero-order valence-corrected chi connectivity index (χ0v) is 15.4. The molecule has 2 aromatic rings. The van der Waals surface area contributed by atoms with Gasteiger partial charge < -0.3 is 4.90 Å². The van der Waals surface area contributed by atoms with E-state index >= 15 is 0 Å². The lowest BCUT2D eigenvalue weighted by Gasteiger charge is -2.39. The smallest absolute Gasteiger partial charge is 0.218 e. The lowest BCUT2D eigenvalue weighted by atomic mass is 9.93. The summed E-state index contributed by atoms with van der Waals surface area (Å²) in [5, 5.41) is 11.8. The SMILES string of the molecule is N#CNc1nc2cccnc2n1C1CCN(C2CCCCCCC2)CC1. The number of imidazole rings is 1. The van der Waals surface area contributed by atoms with E-state index in [2.05, 4.69) is 24.8 Å². The lowest BCUT2D eigenvalue weighted by molar-refractivity contribution is 0.117. The number of rotatable bonds is 3. The normalized spacial score (nSPS) is 21.2. The van der Waals surface area contributed by atoms with E-state index < -0.39 is 0 Å². The van der Waals surface area contributed by atoms with Gasteiger partial charge in [0, 0.05) is 31.4 Å². The van der Waals surface area contributed by atoms with Crippen LogP contribution in [-0.2, 0) is 0 Å². The Balaban J connectivity index is 1.48. The minimum absolute atomic E-state index is 0.357. The third-order valence-electron chi connectivity index (χ3n) is 6.07. The van der Waals surface area contributed by atoms with Gasteiger partial charge in [-0.3, -0.25) is 9.88 Å². The van der Waals surface area contributed by atoms with E-state index in [9.17, 15) is 0 Å². The average molecular weight is 352 g/mol. The highest BCUT2D eigenvalue weighted by Gasteiger charge is 2.28. The molecule has 6 nitrogen and oxygen atoms in total. The van der Waals surface area contributed by atoms with Crippen LogP contribution < -0.4 is 5.32 Å². The monoisotopic (exact) mass is 352 g/mol. The molecule has 2 fully saturated rings. The van der Waals surface area contributed by atoms with E-state index in [4.69, 9.17) is 5.26 Å². The van der Waals surface area contributed by atoms with Gasteiger partial charge in [0.15, 0.2) is 11.8 Å². The molecule has 2 aliphatic rings. The molecule has 138 valence electrons. The van der Waals surface area contributed by atoms with Crippen LogP contribution in [0.2, 0.25) is 0 Å². The Bertz CT molecular complexity index is 760. The fourth-order valence-electron chi connectivity index (χ4n) is 4.72. The first kappa shape index (κ1) is 17.3. The Morgan fingerprint density at radius 3 is 2.46 bits per heavy atom. The van der Waals surface area contributed by atoms with Crippen LogP contribution in [-0.4, -0.2) is 38.6 Å². The number of anilines is 1. The van der Waals surface area contributed by atoms with E-state index in [-0.39, 0.29) is 0 Å². The van der Waals surface area contributed by atoms with Crippen LogP contribution in [0.1, 0.15) is 63.8 Å². The maximum atomic E-state index is 9.09. The number of piperidine rings is 1. The van der Waals surface area contributed by atoms with Gasteiger partial charge in [0.1, 0.15) is 5.52 Å². The second kappa shape index (κ2) is 8.05. The van der Waals surface area contributed by atoms with E-state index in [1.54, 1.807) is 6.20 Å². The van der Waals surface area contributed by atoms with Gasteiger partial charge in [0.05, 0.1) is 0 Å². The highest BCUT2D eigenvalue weighted by atomic mass is 15.3. The molecule has 4 rings (SSSR count). The minimum Gasteiger partial charge on any atom is -0.300 e. The standard InChI is InChI=1S/C20H28N6/c21-15-23-20-24-18-9-6-12-22-19(18)26(20)17-10-13-25(14-11-17)16-7-4-2-1-3-5-8-16/h6,9,12,16-17H,1-5,7-8,10-11,13-14H2,(H,23,24). The summed E-state index contributed by atoms with van der Waals surface area (Å²) in [6.45, 7) is 2.27. The fraction of sp³-hybridized carbons (Fsp3) is 0.650. The predicted molar refractivity (Wildman–Crippen MR) is 103 cm³/mol. The summed E-state index contributed by atoms with van der Waals surface area (Å²) in [5.41, 5.74) is 1.74. The zero-order valence-electron chi connectivity index (χ0n) is 15.4. The highest BCUT2D eigenvalue weighted by Crippen LogP contribution is 2.32. The molecule has 1 aliphatic carbocycles. The first-order chi connectivity index (χ1) is 12.9. The van der Waals surface area contributed by atoms with E-state index in [1.165, 1.54) is 44.9 Å². The zero-order chi connectivity index (χ0) is 17.8. The van der Waals surface area contributed by atoms with Gasteiger partial charge in [-0.1, -0.05) is 32.1 Å². The molecule has 1 N–H and O–H groups in total. The van der Waals surface area contributed by atoms with Gasteiger partial charge in [-0.25, -0.2) is 9.97 Å². The van der Waals surface area contributed by atoms with Crippen LogP contribution in [0.15, 0.2) is 18.3 Å². The molecule has 0 amide bonds. The van der Waals surface area contributed by atoms with Crippen molar-refractivity contribution < 1.29 is 0 Å². The number of nitrogens with zero attached hydrogens (tertiary/aromatic N) is 5. The van der Waals surface area contributed by atoms with E-state index in [0.29, 0.717) is 12.0 Å². The number of nitrogens with one attached hydrogen (secondary N) is 1. The van der Waals surface area contributed by atoms with Crippen LogP contribution >= 0.6 is 0 Å². The van der Waals surface area contributed by atoms with Crippen molar-refractivity contribution in [3.05, 3.63) is 18.3 Å². The van der Waals surface area contributed by atoms with Gasteiger partial charge in [0.25, 0.3) is 0 Å². The summed E-state index contributed by atoms with van der Waals surface area (Å²) in [6.07, 6.45) is 15.8. The topological polar surface area (TPSA) is 69.8 Å². The van der Waals surface area contributed by atoms with Crippen LogP contribution in [0.5, 0.6) is 0 Å². The maximum absolute atomic E-state index is 9.09. The van der Waals surface area contributed by atoms with Gasteiger partial charge in [-0.05, 0) is 37.8 Å². The van der Waals surface area contributed by atoms with Crippen molar-refractivity contribution in [2.45, 2.75) is 69.9 Å². The molecular weight excluding hydrogens is 324 g/mol. The van der Waals surface area contributed by atoms with Gasteiger partial charge in [-0.2, -0.15) is 5.26 Å². The minimum atomic E-state index is 0.357. The summed E-state index contributed by atoms with van der Waals surface area (Å²) < 4.78 is 2.15. The van der Waals surface area contributed by atoms with Crippen LogP contribution in [0.3, 0.4) is 0 Å². The lowest BCUT2D eigenvalue weighted by Crippen LogP contribution is -2.42. The molecule has 1 saturated heterocycles. The molecule has 1 aliphatic heterocycles. The first-order valence-electron chi connectivity index (χ1n) is 10.1. The number of fused-ring (bicyclic) bond motifs is 1. The van der Waals surface area contributed by atoms with Crippen LogP contribution in [0.4, 0.5) is 5.95 Å². The van der Waals surface area contributed by atoms with E-state index in [0.717, 1.165) is 43.1 Å². The summed E-state index contributed by atoms with van der Waals surface area (Å²) in [6, 6.07) is 4.99. The molecule has 1 saturated carbocycles. The number of likely N-dealkylation sites (tertiary alicyclic amines) is 1. The summed E-state index contributed by atoms with van der Waals surface area (Å²) in [4.78, 5) is 11.8. The Hall–Kier alpha value is -2.13. The Morgan fingerprint density at radius 2 is 1.73 bits per heavy atom. The van der Waals surface area contributed by atoms with Crippen molar-refractivity contribution >= 4 is 17.1 Å². The van der Waals surface area contributed by atoms with Crippen molar-refractivity contribution in [3.63, 3.8) is 0 Å². The molecule has 0 atom stereocenters. The summed E-state index contributed by atoms with van der Waals surface area (Å²) in [7, 11) is 0. The Morgan fingerprint density at radius 1 is 1.00 bits per heavy atom. The summed E-state index contributed by atoms with van der Waals surface area (Å²) in [5.74, 6) is 0.630. The van der Waals surface area contributed by atoms with Crippen LogP contribution in [0, 0.1) is 11.5 Å². The van der Waals surface area contributed by atoms with Crippen molar-refractivity contribution in [1.29, 1.82) is 5.26 Å². The third-order valence-corrected chi connectivity index (χ3v) is 6.07. The molecular formula is C20H28N6. The number of hydrogen-bond acceptors (Lipinski definition) is 5. The summed E-state index contributed by atoms with van der Waals surface area (Å²) >= 11 is 0. The number of hydrogen-bond donors (Lipinski definition) is 1. The van der Waals surface area contributed by atoms with Crippen molar-refractivity contribution in [2.24, 2.45) is 0 Å². The number of pyridine rings is 1. The molecule has 2 aromatic heterocycles. The van der Waals surface area contributed by atoms with Crippen molar-refractivity contribution in [2.75, 3.05) is 18.4 Å². The highest BCUT2D eigenvalue weighted by molar-refractivity contribution is 5.74. The molecule has 0 unspecified atom stereocenters. The second-order valence-electron chi connectivity index (χ2n) is 7.65. The number of aromatic nitrogens is 3.